The van der Waals surface area contributed by atoms with Gasteiger partial charge in [0.05, 0.1) is 5.02 Å². The second-order valence-electron chi connectivity index (χ2n) is 4.95. The molecule has 5 heteroatoms. The molecule has 0 aromatic heterocycles. The van der Waals surface area contributed by atoms with E-state index in [0.29, 0.717) is 18.0 Å². The molecular formula is C13H17Cl2NO2. The molecule has 0 aliphatic carbocycles. The maximum Gasteiger partial charge on any atom is 0.251 e. The van der Waals surface area contributed by atoms with E-state index in [2.05, 4.69) is 5.32 Å². The van der Waals surface area contributed by atoms with E-state index in [4.69, 9.17) is 23.2 Å². The summed E-state index contributed by atoms with van der Waals surface area (Å²) in [6, 6.07) is 4.38. The molecule has 1 rings (SSSR count). The van der Waals surface area contributed by atoms with Gasteiger partial charge in [-0.25, -0.2) is 0 Å². The van der Waals surface area contributed by atoms with Crippen molar-refractivity contribution in [2.24, 2.45) is 5.41 Å². The summed E-state index contributed by atoms with van der Waals surface area (Å²) in [5.41, 5.74) is 0.387. The van der Waals surface area contributed by atoms with Crippen molar-refractivity contribution in [3.63, 3.8) is 0 Å². The van der Waals surface area contributed by atoms with Crippen LogP contribution < -0.4 is 5.32 Å². The molecule has 0 saturated heterocycles. The number of aromatic hydroxyl groups is 1. The number of phenolic OH excluding ortho intramolecular Hbond substituents is 1. The number of alkyl halides is 1. The minimum atomic E-state index is -0.209. The number of phenols is 1. The van der Waals surface area contributed by atoms with Crippen molar-refractivity contribution >= 4 is 29.1 Å². The summed E-state index contributed by atoms with van der Waals surface area (Å²) in [5, 5.41) is 12.3. The van der Waals surface area contributed by atoms with E-state index < -0.39 is 0 Å². The van der Waals surface area contributed by atoms with Crippen molar-refractivity contribution in [1.82, 2.24) is 5.32 Å². The Kier molecular flexibility index (Phi) is 5.29. The fraction of sp³-hybridized carbons (Fsp3) is 0.462. The molecule has 0 fully saturated rings. The third kappa shape index (κ3) is 4.39. The Balaban J connectivity index is 2.63. The predicted molar refractivity (Wildman–Crippen MR) is 74.6 cm³/mol. The number of rotatable bonds is 5. The Morgan fingerprint density at radius 1 is 1.44 bits per heavy atom. The minimum absolute atomic E-state index is 0.0318. The summed E-state index contributed by atoms with van der Waals surface area (Å²) in [6.45, 7) is 4.62. The molecule has 0 atom stereocenters. The number of benzene rings is 1. The number of halogens is 2. The first-order valence-electron chi connectivity index (χ1n) is 5.68. The average Bonchev–Trinajstić information content (AvgIpc) is 2.30. The lowest BCUT2D eigenvalue weighted by Gasteiger charge is -2.23. The van der Waals surface area contributed by atoms with Crippen LogP contribution >= 0.6 is 23.2 Å². The van der Waals surface area contributed by atoms with Crippen molar-refractivity contribution in [2.75, 3.05) is 12.4 Å². The number of carbonyl (C=O) groups excluding carboxylic acids is 1. The van der Waals surface area contributed by atoms with Gasteiger partial charge in [-0.2, -0.15) is 0 Å². The molecule has 1 amide bonds. The van der Waals surface area contributed by atoms with Gasteiger partial charge >= 0.3 is 0 Å². The fourth-order valence-electron chi connectivity index (χ4n) is 1.41. The number of hydrogen-bond acceptors (Lipinski definition) is 2. The van der Waals surface area contributed by atoms with Crippen molar-refractivity contribution in [2.45, 2.75) is 20.3 Å². The number of amides is 1. The van der Waals surface area contributed by atoms with Crippen molar-refractivity contribution in [1.29, 1.82) is 0 Å². The smallest absolute Gasteiger partial charge is 0.251 e. The first-order chi connectivity index (χ1) is 8.35. The molecule has 0 aliphatic rings. The van der Waals surface area contributed by atoms with Crippen LogP contribution in [0.5, 0.6) is 5.75 Å². The second kappa shape index (κ2) is 6.30. The van der Waals surface area contributed by atoms with Crippen LogP contribution in [-0.2, 0) is 0 Å². The Morgan fingerprint density at radius 2 is 2.11 bits per heavy atom. The Labute approximate surface area is 117 Å². The van der Waals surface area contributed by atoms with Gasteiger partial charge in [0.1, 0.15) is 5.75 Å². The lowest BCUT2D eigenvalue weighted by molar-refractivity contribution is 0.0936. The highest BCUT2D eigenvalue weighted by Gasteiger charge is 2.18. The highest BCUT2D eigenvalue weighted by molar-refractivity contribution is 6.32. The molecule has 1 aromatic rings. The van der Waals surface area contributed by atoms with E-state index >= 15 is 0 Å². The van der Waals surface area contributed by atoms with Crippen LogP contribution in [0.4, 0.5) is 0 Å². The lowest BCUT2D eigenvalue weighted by atomic mass is 9.90. The minimum Gasteiger partial charge on any atom is -0.506 e. The third-order valence-electron chi connectivity index (χ3n) is 2.71. The van der Waals surface area contributed by atoms with Gasteiger partial charge in [-0.1, -0.05) is 25.4 Å². The molecule has 100 valence electrons. The zero-order valence-corrected chi connectivity index (χ0v) is 12.0. The monoisotopic (exact) mass is 289 g/mol. The Bertz CT molecular complexity index is 433. The van der Waals surface area contributed by atoms with Gasteiger partial charge in [-0.05, 0) is 30.0 Å². The number of carbonyl (C=O) groups is 1. The van der Waals surface area contributed by atoms with E-state index in [0.717, 1.165) is 6.42 Å². The van der Waals surface area contributed by atoms with E-state index in [9.17, 15) is 9.90 Å². The third-order valence-corrected chi connectivity index (χ3v) is 3.20. The van der Waals surface area contributed by atoms with Crippen LogP contribution in [0.15, 0.2) is 18.2 Å². The molecule has 0 radical (unpaired) electrons. The molecule has 0 aliphatic heterocycles. The van der Waals surface area contributed by atoms with E-state index in [1.807, 2.05) is 13.8 Å². The molecular weight excluding hydrogens is 273 g/mol. The molecule has 0 heterocycles. The van der Waals surface area contributed by atoms with Gasteiger partial charge in [0.15, 0.2) is 0 Å². The van der Waals surface area contributed by atoms with Crippen molar-refractivity contribution in [3.05, 3.63) is 28.8 Å². The number of nitrogens with one attached hydrogen (secondary N) is 1. The van der Waals surface area contributed by atoms with Crippen LogP contribution in [0.1, 0.15) is 30.6 Å². The van der Waals surface area contributed by atoms with Crippen LogP contribution in [0, 0.1) is 5.41 Å². The van der Waals surface area contributed by atoms with Gasteiger partial charge in [0.2, 0.25) is 0 Å². The van der Waals surface area contributed by atoms with Crippen LogP contribution in [0.25, 0.3) is 0 Å². The zero-order chi connectivity index (χ0) is 13.8. The molecule has 1 aromatic carbocycles. The topological polar surface area (TPSA) is 49.3 Å². The van der Waals surface area contributed by atoms with Gasteiger partial charge < -0.3 is 10.4 Å². The summed E-state index contributed by atoms with van der Waals surface area (Å²) in [5.74, 6) is 0.323. The average molecular weight is 290 g/mol. The summed E-state index contributed by atoms with van der Waals surface area (Å²) < 4.78 is 0. The van der Waals surface area contributed by atoms with Crippen LogP contribution in [0.3, 0.4) is 0 Å². The van der Waals surface area contributed by atoms with Gasteiger partial charge in [0, 0.05) is 18.0 Å². The lowest BCUT2D eigenvalue weighted by Crippen LogP contribution is -2.34. The Morgan fingerprint density at radius 3 is 2.67 bits per heavy atom. The molecule has 0 saturated carbocycles. The van der Waals surface area contributed by atoms with Crippen molar-refractivity contribution in [3.8, 4) is 5.75 Å². The predicted octanol–water partition coefficient (Wildman–Crippen LogP) is 3.43. The maximum absolute atomic E-state index is 11.9. The second-order valence-corrected chi connectivity index (χ2v) is 5.74. The first kappa shape index (κ1) is 15.1. The SMILES string of the molecule is CC(C)(CCCl)CNC(=O)c1ccc(O)c(Cl)c1. The molecule has 0 unspecified atom stereocenters. The summed E-state index contributed by atoms with van der Waals surface area (Å²) in [4.78, 5) is 11.9. The summed E-state index contributed by atoms with van der Waals surface area (Å²) in [6.07, 6.45) is 0.825. The maximum atomic E-state index is 11.9. The van der Waals surface area contributed by atoms with E-state index in [-0.39, 0.29) is 22.1 Å². The standard InChI is InChI=1S/C13H17Cl2NO2/c1-13(2,5-6-14)8-16-12(18)9-3-4-11(17)10(15)7-9/h3-4,7,17H,5-6,8H2,1-2H3,(H,16,18). The molecule has 2 N–H and O–H groups in total. The van der Waals surface area contributed by atoms with Crippen molar-refractivity contribution < 1.29 is 9.90 Å². The Hall–Kier alpha value is -0.930. The molecule has 0 bridgehead atoms. The van der Waals surface area contributed by atoms with Gasteiger partial charge in [0.25, 0.3) is 5.91 Å². The number of hydrogen-bond donors (Lipinski definition) is 2. The molecule has 3 nitrogen and oxygen atoms in total. The first-order valence-corrected chi connectivity index (χ1v) is 6.60. The van der Waals surface area contributed by atoms with Gasteiger partial charge in [-0.15, -0.1) is 11.6 Å². The van der Waals surface area contributed by atoms with E-state index in [1.165, 1.54) is 18.2 Å². The van der Waals surface area contributed by atoms with Crippen LogP contribution in [0.2, 0.25) is 5.02 Å². The van der Waals surface area contributed by atoms with Crippen LogP contribution in [-0.4, -0.2) is 23.4 Å². The van der Waals surface area contributed by atoms with Gasteiger partial charge in [-0.3, -0.25) is 4.79 Å². The normalized spacial score (nSPS) is 11.3. The quantitative estimate of drug-likeness (QED) is 0.816. The molecule has 0 spiro atoms. The summed E-state index contributed by atoms with van der Waals surface area (Å²) in [7, 11) is 0. The van der Waals surface area contributed by atoms with E-state index in [1.54, 1.807) is 0 Å². The fourth-order valence-corrected chi connectivity index (χ4v) is 2.11. The highest BCUT2D eigenvalue weighted by atomic mass is 35.5. The largest absolute Gasteiger partial charge is 0.506 e. The summed E-state index contributed by atoms with van der Waals surface area (Å²) >= 11 is 11.4. The zero-order valence-electron chi connectivity index (χ0n) is 10.5. The highest BCUT2D eigenvalue weighted by Crippen LogP contribution is 2.24. The molecule has 18 heavy (non-hydrogen) atoms.